The number of ketones is 1. The molecule has 2 aliphatic rings. The van der Waals surface area contributed by atoms with Crippen LogP contribution in [0, 0.1) is 5.82 Å². The highest BCUT2D eigenvalue weighted by Crippen LogP contribution is 2.49. The van der Waals surface area contributed by atoms with Gasteiger partial charge in [-0.1, -0.05) is 24.3 Å². The maximum absolute atomic E-state index is 13.8. The molecule has 3 aromatic rings. The van der Waals surface area contributed by atoms with Gasteiger partial charge in [0.15, 0.2) is 17.3 Å². The second-order valence-electron chi connectivity index (χ2n) is 9.08. The topological polar surface area (TPSA) is 76.7 Å². The average molecular weight is 519 g/mol. The SMILES string of the molecule is COc1cccc([C@H]2C(C(=O)Nc3cccc(F)c3)=C(C)NC3=C2C(=O)C[C@@H](c2cccs2)C3)c1OC. The van der Waals surface area contributed by atoms with Gasteiger partial charge in [-0.05, 0) is 49.1 Å². The van der Waals surface area contributed by atoms with E-state index in [-0.39, 0.29) is 11.7 Å². The maximum Gasteiger partial charge on any atom is 0.254 e. The number of Topliss-reactive ketones (excluding diaryl/α,β-unsaturated/α-hetero) is 1. The molecule has 0 fully saturated rings. The minimum Gasteiger partial charge on any atom is -0.493 e. The molecule has 5 rings (SSSR count). The molecule has 8 heteroatoms. The zero-order chi connectivity index (χ0) is 26.1. The van der Waals surface area contributed by atoms with Gasteiger partial charge in [-0.2, -0.15) is 0 Å². The first kappa shape index (κ1) is 24.8. The lowest BCUT2D eigenvalue weighted by molar-refractivity contribution is -0.116. The van der Waals surface area contributed by atoms with Crippen molar-refractivity contribution in [3.63, 3.8) is 0 Å². The Morgan fingerprint density at radius 1 is 1.08 bits per heavy atom. The lowest BCUT2D eigenvalue weighted by Gasteiger charge is -2.37. The molecule has 2 N–H and O–H groups in total. The van der Waals surface area contributed by atoms with Crippen molar-refractivity contribution in [1.82, 2.24) is 5.32 Å². The molecule has 2 atom stereocenters. The molecule has 37 heavy (non-hydrogen) atoms. The highest BCUT2D eigenvalue weighted by atomic mass is 32.1. The summed E-state index contributed by atoms with van der Waals surface area (Å²) in [6.07, 6.45) is 1.00. The van der Waals surface area contributed by atoms with Crippen LogP contribution in [0.3, 0.4) is 0 Å². The highest BCUT2D eigenvalue weighted by molar-refractivity contribution is 7.10. The number of amides is 1. The van der Waals surface area contributed by atoms with E-state index in [9.17, 15) is 14.0 Å². The summed E-state index contributed by atoms with van der Waals surface area (Å²) in [5, 5.41) is 8.20. The van der Waals surface area contributed by atoms with Crippen molar-refractivity contribution < 1.29 is 23.5 Å². The van der Waals surface area contributed by atoms with Gasteiger partial charge in [0.2, 0.25) is 0 Å². The number of rotatable bonds is 6. The number of hydrogen-bond acceptors (Lipinski definition) is 6. The van der Waals surface area contributed by atoms with Crippen LogP contribution in [0.25, 0.3) is 0 Å². The first-order chi connectivity index (χ1) is 17.9. The van der Waals surface area contributed by atoms with E-state index in [1.54, 1.807) is 30.6 Å². The predicted molar refractivity (Wildman–Crippen MR) is 141 cm³/mol. The van der Waals surface area contributed by atoms with Gasteiger partial charge < -0.3 is 20.1 Å². The van der Waals surface area contributed by atoms with Crippen LogP contribution in [0.1, 0.15) is 42.0 Å². The second kappa shape index (κ2) is 10.2. The van der Waals surface area contributed by atoms with Gasteiger partial charge in [-0.25, -0.2) is 4.39 Å². The fourth-order valence-electron chi connectivity index (χ4n) is 5.28. The number of carbonyl (C=O) groups is 2. The summed E-state index contributed by atoms with van der Waals surface area (Å²) in [5.74, 6) is -0.559. The molecule has 2 aromatic carbocycles. The third-order valence-electron chi connectivity index (χ3n) is 6.84. The molecular formula is C29H27FN2O4S. The Hall–Kier alpha value is -3.91. The van der Waals surface area contributed by atoms with E-state index in [4.69, 9.17) is 9.47 Å². The Balaban J connectivity index is 1.63. The van der Waals surface area contributed by atoms with E-state index in [2.05, 4.69) is 16.7 Å². The van der Waals surface area contributed by atoms with Gasteiger partial charge in [0.05, 0.1) is 20.1 Å². The number of ether oxygens (including phenoxy) is 2. The van der Waals surface area contributed by atoms with E-state index in [0.29, 0.717) is 52.4 Å². The third kappa shape index (κ3) is 4.64. The van der Waals surface area contributed by atoms with Crippen LogP contribution in [-0.2, 0) is 9.59 Å². The van der Waals surface area contributed by atoms with Crippen LogP contribution in [-0.4, -0.2) is 25.9 Å². The highest BCUT2D eigenvalue weighted by Gasteiger charge is 2.42. The lowest BCUT2D eigenvalue weighted by atomic mass is 9.72. The van der Waals surface area contributed by atoms with Crippen molar-refractivity contribution in [2.75, 3.05) is 19.5 Å². The fourth-order valence-corrected chi connectivity index (χ4v) is 6.11. The van der Waals surface area contributed by atoms with Crippen molar-refractivity contribution in [2.24, 2.45) is 0 Å². The van der Waals surface area contributed by atoms with Crippen LogP contribution in [0.2, 0.25) is 0 Å². The summed E-state index contributed by atoms with van der Waals surface area (Å²) < 4.78 is 25.1. The number of hydrogen-bond donors (Lipinski definition) is 2. The first-order valence-electron chi connectivity index (χ1n) is 12.0. The molecule has 0 spiro atoms. The van der Waals surface area contributed by atoms with Crippen LogP contribution < -0.4 is 20.1 Å². The Kier molecular flexibility index (Phi) is 6.84. The fraction of sp³-hybridized carbons (Fsp3) is 0.241. The standard InChI is InChI=1S/C29H27FN2O4S/c1-16-25(29(34)32-19-8-4-7-18(30)15-19)26(20-9-5-10-23(35-2)28(20)36-3)27-21(31-16)13-17(14-22(27)33)24-11-6-12-37-24/h4-12,15,17,26,31H,13-14H2,1-3H3,(H,32,34)/t17-,26-/m0/s1. The maximum atomic E-state index is 13.8. The van der Waals surface area contributed by atoms with Crippen LogP contribution in [0.4, 0.5) is 10.1 Å². The van der Waals surface area contributed by atoms with Gasteiger partial charge in [0.25, 0.3) is 5.91 Å². The van der Waals surface area contributed by atoms with Gasteiger partial charge in [-0.15, -0.1) is 11.3 Å². The molecule has 0 saturated carbocycles. The number of carbonyl (C=O) groups excluding carboxylic acids is 2. The zero-order valence-corrected chi connectivity index (χ0v) is 21.6. The molecule has 1 aromatic heterocycles. The van der Waals surface area contributed by atoms with Crippen LogP contribution in [0.5, 0.6) is 11.5 Å². The summed E-state index contributed by atoms with van der Waals surface area (Å²) in [7, 11) is 3.08. The van der Waals surface area contributed by atoms with Crippen molar-refractivity contribution in [1.29, 1.82) is 0 Å². The van der Waals surface area contributed by atoms with Gasteiger partial charge >= 0.3 is 0 Å². The minimum absolute atomic E-state index is 0.0226. The molecule has 190 valence electrons. The van der Waals surface area contributed by atoms with Crippen LogP contribution >= 0.6 is 11.3 Å². The van der Waals surface area contributed by atoms with Gasteiger partial charge in [-0.3, -0.25) is 9.59 Å². The molecule has 1 amide bonds. The van der Waals surface area contributed by atoms with E-state index < -0.39 is 17.6 Å². The Morgan fingerprint density at radius 2 is 1.89 bits per heavy atom. The number of allylic oxidation sites excluding steroid dienone is 3. The van der Waals surface area contributed by atoms with Crippen molar-refractivity contribution in [2.45, 2.75) is 31.6 Å². The lowest BCUT2D eigenvalue weighted by Crippen LogP contribution is -2.37. The normalized spacial score (nSPS) is 19.3. The number of benzene rings is 2. The zero-order valence-electron chi connectivity index (χ0n) is 20.8. The average Bonchev–Trinajstić information content (AvgIpc) is 3.42. The Bertz CT molecular complexity index is 1430. The number of halogens is 1. The Labute approximate surface area is 218 Å². The molecule has 0 unspecified atom stereocenters. The largest absolute Gasteiger partial charge is 0.493 e. The van der Waals surface area contributed by atoms with Gasteiger partial charge in [0, 0.05) is 51.0 Å². The van der Waals surface area contributed by atoms with E-state index in [1.807, 2.05) is 30.5 Å². The van der Waals surface area contributed by atoms with Crippen molar-refractivity contribution >= 4 is 28.7 Å². The van der Waals surface area contributed by atoms with E-state index in [1.165, 1.54) is 25.3 Å². The molecule has 1 aliphatic heterocycles. The minimum atomic E-state index is -0.688. The van der Waals surface area contributed by atoms with E-state index >= 15 is 0 Å². The molecule has 0 bridgehead atoms. The number of dihydropyridines is 1. The quantitative estimate of drug-likeness (QED) is 0.425. The number of thiophene rings is 1. The summed E-state index contributed by atoms with van der Waals surface area (Å²) in [6, 6.07) is 15.2. The van der Waals surface area contributed by atoms with Crippen molar-refractivity contribution in [3.8, 4) is 11.5 Å². The van der Waals surface area contributed by atoms with E-state index in [0.717, 1.165) is 10.6 Å². The summed E-state index contributed by atoms with van der Waals surface area (Å²) >= 11 is 1.64. The van der Waals surface area contributed by atoms with Crippen LogP contribution in [0.15, 0.2) is 82.5 Å². The number of methoxy groups -OCH3 is 2. The van der Waals surface area contributed by atoms with Gasteiger partial charge in [0.1, 0.15) is 5.82 Å². The summed E-state index contributed by atoms with van der Waals surface area (Å²) in [4.78, 5) is 28.7. The van der Waals surface area contributed by atoms with Crippen molar-refractivity contribution in [3.05, 3.63) is 98.8 Å². The molecule has 0 saturated heterocycles. The molecular weight excluding hydrogens is 491 g/mol. The smallest absolute Gasteiger partial charge is 0.254 e. The summed E-state index contributed by atoms with van der Waals surface area (Å²) in [5.41, 5.74) is 3.34. The Morgan fingerprint density at radius 3 is 2.59 bits per heavy atom. The molecule has 6 nitrogen and oxygen atoms in total. The molecule has 1 aliphatic carbocycles. The predicted octanol–water partition coefficient (Wildman–Crippen LogP) is 5.90. The monoisotopic (exact) mass is 518 g/mol. The molecule has 2 heterocycles. The number of nitrogens with one attached hydrogen (secondary N) is 2. The number of anilines is 1. The first-order valence-corrected chi connectivity index (χ1v) is 12.8. The number of para-hydroxylation sites is 1. The second-order valence-corrected chi connectivity index (χ2v) is 10.1. The third-order valence-corrected chi connectivity index (χ3v) is 7.88. The summed E-state index contributed by atoms with van der Waals surface area (Å²) in [6.45, 7) is 1.82. The molecule has 0 radical (unpaired) electrons.